The van der Waals surface area contributed by atoms with Gasteiger partial charge in [0.1, 0.15) is 24.0 Å². The molecule has 1 aromatic rings. The van der Waals surface area contributed by atoms with E-state index < -0.39 is 23.3 Å². The molecule has 1 aliphatic carbocycles. The number of aromatic nitrogens is 2. The van der Waals surface area contributed by atoms with Gasteiger partial charge in [-0.15, -0.1) is 4.31 Å². The number of hydrogen-bond donors (Lipinski definition) is 2. The van der Waals surface area contributed by atoms with Crippen LogP contribution in [0.15, 0.2) is 29.7 Å². The standard InChI is InChI=1S/C18H24FN5O3S/c1-27-15-4-3-11(19)9-13(15)16(25)14-10-21-18(23-17(14)20)22-12-5-7-24(8-6-12)28(2)26/h3-4,10-12H,5-9H2,1-2H3,(H3,20,21,22,23). The zero-order valence-corrected chi connectivity index (χ0v) is 16.7. The van der Waals surface area contributed by atoms with Gasteiger partial charge in [-0.25, -0.2) is 9.37 Å². The SMILES string of the molecule is COC1=C(C(=O)c2cnc(NC3CCN([S+](C)[O-])CC3)nc2N)CC(F)C=C1. The lowest BCUT2D eigenvalue weighted by Gasteiger charge is -2.30. The topological polar surface area (TPSA) is 116 Å². The number of rotatable bonds is 6. The van der Waals surface area contributed by atoms with Crippen molar-refractivity contribution in [2.45, 2.75) is 31.5 Å². The lowest BCUT2D eigenvalue weighted by molar-refractivity contribution is 0.101. The number of Topliss-reactive ketones (excluding diaryl/α,β-unsaturated/α-hetero) is 1. The second-order valence-electron chi connectivity index (χ2n) is 6.72. The van der Waals surface area contributed by atoms with Crippen LogP contribution in [0.25, 0.3) is 0 Å². The van der Waals surface area contributed by atoms with Crippen LogP contribution in [0.3, 0.4) is 0 Å². The summed E-state index contributed by atoms with van der Waals surface area (Å²) in [4.78, 5) is 21.2. The smallest absolute Gasteiger partial charge is 0.224 e. The summed E-state index contributed by atoms with van der Waals surface area (Å²) in [5.74, 6) is 0.243. The summed E-state index contributed by atoms with van der Waals surface area (Å²) in [6, 6.07) is 0.138. The van der Waals surface area contributed by atoms with E-state index in [0.29, 0.717) is 11.7 Å². The molecule has 1 aromatic heterocycles. The minimum Gasteiger partial charge on any atom is -0.598 e. The zero-order valence-electron chi connectivity index (χ0n) is 15.9. The van der Waals surface area contributed by atoms with Gasteiger partial charge < -0.3 is 20.3 Å². The Morgan fingerprint density at radius 3 is 2.79 bits per heavy atom. The molecular weight excluding hydrogens is 385 g/mol. The molecular formula is C18H24FN5O3S. The number of nitrogens with one attached hydrogen (secondary N) is 1. The van der Waals surface area contributed by atoms with Crippen molar-refractivity contribution in [3.8, 4) is 0 Å². The molecule has 2 heterocycles. The summed E-state index contributed by atoms with van der Waals surface area (Å²) in [5.41, 5.74) is 6.32. The molecule has 28 heavy (non-hydrogen) atoms. The minimum absolute atomic E-state index is 0.0301. The van der Waals surface area contributed by atoms with Gasteiger partial charge in [-0.3, -0.25) is 4.79 Å². The number of piperidine rings is 1. The number of nitrogens with two attached hydrogens (primary N) is 1. The van der Waals surface area contributed by atoms with Crippen LogP contribution in [-0.2, 0) is 16.1 Å². The van der Waals surface area contributed by atoms with E-state index >= 15 is 0 Å². The first-order valence-corrected chi connectivity index (χ1v) is 10.5. The summed E-state index contributed by atoms with van der Waals surface area (Å²) in [6.45, 7) is 1.44. The van der Waals surface area contributed by atoms with E-state index in [1.165, 1.54) is 25.5 Å². The Morgan fingerprint density at radius 1 is 1.46 bits per heavy atom. The molecule has 3 rings (SSSR count). The van der Waals surface area contributed by atoms with Crippen LogP contribution < -0.4 is 11.1 Å². The number of halogens is 1. The van der Waals surface area contributed by atoms with E-state index in [9.17, 15) is 13.7 Å². The number of ketones is 1. The van der Waals surface area contributed by atoms with Gasteiger partial charge in [0, 0.05) is 48.7 Å². The Morgan fingerprint density at radius 2 is 2.18 bits per heavy atom. The summed E-state index contributed by atoms with van der Waals surface area (Å²) in [5, 5.41) is 3.21. The molecule has 1 aliphatic heterocycles. The molecule has 1 fully saturated rings. The molecule has 0 radical (unpaired) electrons. The molecule has 3 N–H and O–H groups in total. The van der Waals surface area contributed by atoms with Crippen LogP contribution in [0.1, 0.15) is 29.6 Å². The van der Waals surface area contributed by atoms with E-state index in [1.54, 1.807) is 6.26 Å². The molecule has 0 amide bonds. The van der Waals surface area contributed by atoms with Crippen LogP contribution in [0.5, 0.6) is 0 Å². The largest absolute Gasteiger partial charge is 0.598 e. The maximum absolute atomic E-state index is 13.7. The second-order valence-corrected chi connectivity index (χ2v) is 8.08. The summed E-state index contributed by atoms with van der Waals surface area (Å²) >= 11 is -0.964. The van der Waals surface area contributed by atoms with Crippen LogP contribution in [0.4, 0.5) is 16.2 Å². The van der Waals surface area contributed by atoms with Gasteiger partial charge in [-0.2, -0.15) is 4.98 Å². The van der Waals surface area contributed by atoms with Crippen LogP contribution in [-0.4, -0.2) is 63.3 Å². The average molecular weight is 409 g/mol. The number of carbonyl (C=O) groups is 1. The maximum Gasteiger partial charge on any atom is 0.224 e. The van der Waals surface area contributed by atoms with Crippen molar-refractivity contribution in [2.75, 3.05) is 37.5 Å². The van der Waals surface area contributed by atoms with Crippen LogP contribution in [0, 0.1) is 0 Å². The monoisotopic (exact) mass is 409 g/mol. The number of anilines is 2. The number of ether oxygens (including phenoxy) is 1. The molecule has 2 unspecified atom stereocenters. The van der Waals surface area contributed by atoms with E-state index in [2.05, 4.69) is 15.3 Å². The molecule has 0 saturated carbocycles. The summed E-state index contributed by atoms with van der Waals surface area (Å²) in [6.07, 6.45) is 6.11. The van der Waals surface area contributed by atoms with Crippen molar-refractivity contribution in [1.29, 1.82) is 0 Å². The van der Waals surface area contributed by atoms with Crippen LogP contribution >= 0.6 is 0 Å². The highest BCUT2D eigenvalue weighted by Crippen LogP contribution is 2.27. The third-order valence-corrected chi connectivity index (χ3v) is 5.95. The highest BCUT2D eigenvalue weighted by molar-refractivity contribution is 7.88. The van der Waals surface area contributed by atoms with Gasteiger partial charge in [0.2, 0.25) is 5.95 Å². The Bertz CT molecular complexity index is 793. The predicted octanol–water partition coefficient (Wildman–Crippen LogP) is 1.61. The predicted molar refractivity (Wildman–Crippen MR) is 106 cm³/mol. The van der Waals surface area contributed by atoms with Crippen molar-refractivity contribution in [3.05, 3.63) is 35.2 Å². The molecule has 2 aliphatic rings. The number of allylic oxidation sites excluding steroid dienone is 3. The Labute approximate surface area is 166 Å². The molecule has 0 aromatic carbocycles. The molecule has 2 atom stereocenters. The van der Waals surface area contributed by atoms with Crippen molar-refractivity contribution in [2.24, 2.45) is 0 Å². The molecule has 152 valence electrons. The van der Waals surface area contributed by atoms with Gasteiger partial charge in [0.15, 0.2) is 5.78 Å². The Balaban J connectivity index is 1.70. The number of methoxy groups -OCH3 is 1. The molecule has 10 heteroatoms. The normalized spacial score (nSPS) is 22.2. The Hall–Kier alpha value is -2.17. The first-order valence-electron chi connectivity index (χ1n) is 9.00. The number of hydrogen-bond acceptors (Lipinski definition) is 8. The second kappa shape index (κ2) is 8.89. The van der Waals surface area contributed by atoms with Gasteiger partial charge in [-0.1, -0.05) is 0 Å². The fraction of sp³-hybridized carbons (Fsp3) is 0.500. The number of alkyl halides is 1. The maximum atomic E-state index is 13.7. The highest BCUT2D eigenvalue weighted by atomic mass is 32.2. The molecule has 1 saturated heterocycles. The third-order valence-electron chi connectivity index (χ3n) is 4.86. The number of nitrogen functional groups attached to an aromatic ring is 1. The van der Waals surface area contributed by atoms with Gasteiger partial charge in [0.05, 0.1) is 12.7 Å². The van der Waals surface area contributed by atoms with Crippen molar-refractivity contribution in [3.63, 3.8) is 0 Å². The Kier molecular flexibility index (Phi) is 6.53. The third kappa shape index (κ3) is 4.62. The average Bonchev–Trinajstić information content (AvgIpc) is 2.68. The van der Waals surface area contributed by atoms with Gasteiger partial charge in [0.25, 0.3) is 0 Å². The lowest BCUT2D eigenvalue weighted by Crippen LogP contribution is -2.42. The minimum atomic E-state index is -1.25. The van der Waals surface area contributed by atoms with Gasteiger partial charge in [-0.05, 0) is 25.0 Å². The highest BCUT2D eigenvalue weighted by Gasteiger charge is 2.27. The summed E-state index contributed by atoms with van der Waals surface area (Å²) in [7, 11) is 1.43. The lowest BCUT2D eigenvalue weighted by atomic mass is 9.95. The fourth-order valence-electron chi connectivity index (χ4n) is 3.29. The van der Waals surface area contributed by atoms with Crippen LogP contribution in [0.2, 0.25) is 0 Å². The van der Waals surface area contributed by atoms with Crippen molar-refractivity contribution >= 4 is 28.9 Å². The first kappa shape index (κ1) is 20.6. The van der Waals surface area contributed by atoms with E-state index in [-0.39, 0.29) is 29.4 Å². The first-order chi connectivity index (χ1) is 13.4. The molecule has 0 spiro atoms. The van der Waals surface area contributed by atoms with E-state index in [4.69, 9.17) is 10.5 Å². The summed E-state index contributed by atoms with van der Waals surface area (Å²) < 4.78 is 32.3. The fourth-order valence-corrected chi connectivity index (χ4v) is 4.02. The van der Waals surface area contributed by atoms with Gasteiger partial charge >= 0.3 is 0 Å². The van der Waals surface area contributed by atoms with E-state index in [0.717, 1.165) is 25.9 Å². The van der Waals surface area contributed by atoms with Crippen molar-refractivity contribution in [1.82, 2.24) is 14.3 Å². The quantitative estimate of drug-likeness (QED) is 0.538. The number of carbonyl (C=O) groups excluding carboxylic acids is 1. The molecule has 8 nitrogen and oxygen atoms in total. The van der Waals surface area contributed by atoms with Crippen molar-refractivity contribution < 1.29 is 18.5 Å². The van der Waals surface area contributed by atoms with E-state index in [1.807, 2.05) is 4.31 Å². The number of nitrogens with zero attached hydrogens (tertiary/aromatic N) is 3. The zero-order chi connectivity index (χ0) is 20.3. The molecule has 0 bridgehead atoms.